The summed E-state index contributed by atoms with van der Waals surface area (Å²) < 4.78 is 24.9. The van der Waals surface area contributed by atoms with Gasteiger partial charge in [-0.15, -0.1) is 0 Å². The van der Waals surface area contributed by atoms with Crippen molar-refractivity contribution in [3.8, 4) is 0 Å². The number of carbonyl (C=O) groups is 1. The molecular formula is C10H13ClN2O3S. The fourth-order valence-corrected chi connectivity index (χ4v) is 2.60. The highest BCUT2D eigenvalue weighted by molar-refractivity contribution is 7.89. The predicted molar refractivity (Wildman–Crippen MR) is 65.2 cm³/mol. The fourth-order valence-electron chi connectivity index (χ4n) is 1.26. The van der Waals surface area contributed by atoms with E-state index in [0.29, 0.717) is 10.6 Å². The van der Waals surface area contributed by atoms with Crippen LogP contribution in [0.25, 0.3) is 0 Å². The first-order valence-corrected chi connectivity index (χ1v) is 6.57. The SMILES string of the molecule is Cc1cc(S(=O)(=O)N(C)CC(N)=O)ccc1Cl. The second kappa shape index (κ2) is 5.03. The Morgan fingerprint density at radius 3 is 2.53 bits per heavy atom. The van der Waals surface area contributed by atoms with Gasteiger partial charge in [0.15, 0.2) is 0 Å². The van der Waals surface area contributed by atoms with Crippen LogP contribution in [0.4, 0.5) is 0 Å². The van der Waals surface area contributed by atoms with Gasteiger partial charge in [-0.2, -0.15) is 4.31 Å². The summed E-state index contributed by atoms with van der Waals surface area (Å²) in [7, 11) is -2.40. The van der Waals surface area contributed by atoms with E-state index in [-0.39, 0.29) is 11.4 Å². The van der Waals surface area contributed by atoms with Crippen molar-refractivity contribution < 1.29 is 13.2 Å². The van der Waals surface area contributed by atoms with Crippen LogP contribution in [0.2, 0.25) is 5.02 Å². The monoisotopic (exact) mass is 276 g/mol. The number of sulfonamides is 1. The first-order chi connectivity index (χ1) is 7.75. The van der Waals surface area contributed by atoms with Gasteiger partial charge < -0.3 is 5.73 Å². The zero-order valence-corrected chi connectivity index (χ0v) is 11.0. The molecule has 0 saturated carbocycles. The van der Waals surface area contributed by atoms with Crippen LogP contribution in [0.3, 0.4) is 0 Å². The van der Waals surface area contributed by atoms with E-state index in [1.165, 1.54) is 25.2 Å². The molecule has 0 unspecified atom stereocenters. The standard InChI is InChI=1S/C10H13ClN2O3S/c1-7-5-8(3-4-9(7)11)17(15,16)13(2)6-10(12)14/h3-5H,6H2,1-2H3,(H2,12,14). The molecule has 1 aromatic carbocycles. The van der Waals surface area contributed by atoms with E-state index >= 15 is 0 Å². The molecular weight excluding hydrogens is 264 g/mol. The zero-order chi connectivity index (χ0) is 13.2. The topological polar surface area (TPSA) is 80.5 Å². The Hall–Kier alpha value is -1.11. The molecule has 1 rings (SSSR count). The maximum Gasteiger partial charge on any atom is 0.243 e. The number of likely N-dealkylation sites (N-methyl/N-ethyl adjacent to an activating group) is 1. The van der Waals surface area contributed by atoms with E-state index in [4.69, 9.17) is 17.3 Å². The molecule has 7 heteroatoms. The second-order valence-electron chi connectivity index (χ2n) is 3.64. The zero-order valence-electron chi connectivity index (χ0n) is 9.47. The van der Waals surface area contributed by atoms with Crippen molar-refractivity contribution >= 4 is 27.5 Å². The molecule has 17 heavy (non-hydrogen) atoms. The normalized spacial score (nSPS) is 11.8. The molecule has 5 nitrogen and oxygen atoms in total. The smallest absolute Gasteiger partial charge is 0.243 e. The molecule has 0 saturated heterocycles. The summed E-state index contributed by atoms with van der Waals surface area (Å²) >= 11 is 5.81. The van der Waals surface area contributed by atoms with Crippen molar-refractivity contribution in [2.24, 2.45) is 5.73 Å². The van der Waals surface area contributed by atoms with E-state index in [1.54, 1.807) is 6.92 Å². The van der Waals surface area contributed by atoms with Crippen LogP contribution >= 0.6 is 11.6 Å². The summed E-state index contributed by atoms with van der Waals surface area (Å²) in [5, 5.41) is 0.488. The van der Waals surface area contributed by atoms with Gasteiger partial charge in [0.1, 0.15) is 0 Å². The third kappa shape index (κ3) is 3.18. The van der Waals surface area contributed by atoms with Gasteiger partial charge in [0.05, 0.1) is 11.4 Å². The minimum absolute atomic E-state index is 0.0863. The lowest BCUT2D eigenvalue weighted by molar-refractivity contribution is -0.118. The first-order valence-electron chi connectivity index (χ1n) is 4.76. The molecule has 1 amide bonds. The molecule has 0 spiro atoms. The molecule has 2 N–H and O–H groups in total. The van der Waals surface area contributed by atoms with E-state index in [9.17, 15) is 13.2 Å². The number of nitrogens with two attached hydrogens (primary N) is 1. The lowest BCUT2D eigenvalue weighted by Crippen LogP contribution is -2.35. The van der Waals surface area contributed by atoms with E-state index < -0.39 is 15.9 Å². The first kappa shape index (κ1) is 14.0. The lowest BCUT2D eigenvalue weighted by atomic mass is 10.2. The largest absolute Gasteiger partial charge is 0.369 e. The van der Waals surface area contributed by atoms with Crippen molar-refractivity contribution in [2.45, 2.75) is 11.8 Å². The molecule has 1 aromatic rings. The number of nitrogens with zero attached hydrogens (tertiary/aromatic N) is 1. The highest BCUT2D eigenvalue weighted by atomic mass is 35.5. The molecule has 0 aliphatic heterocycles. The van der Waals surface area contributed by atoms with Crippen LogP contribution in [-0.4, -0.2) is 32.2 Å². The summed E-state index contributed by atoms with van der Waals surface area (Å²) in [6, 6.07) is 4.35. The molecule has 0 atom stereocenters. The van der Waals surface area contributed by atoms with E-state index in [0.717, 1.165) is 4.31 Å². The number of primary amides is 1. The lowest BCUT2D eigenvalue weighted by Gasteiger charge is -2.15. The van der Waals surface area contributed by atoms with Crippen LogP contribution in [0.5, 0.6) is 0 Å². The van der Waals surface area contributed by atoms with Crippen LogP contribution in [0.1, 0.15) is 5.56 Å². The van der Waals surface area contributed by atoms with Crippen LogP contribution in [0, 0.1) is 6.92 Å². The Labute approximate surface area is 105 Å². The predicted octanol–water partition coefficient (Wildman–Crippen LogP) is 0.754. The Morgan fingerprint density at radius 2 is 2.06 bits per heavy atom. The van der Waals surface area contributed by atoms with Crippen molar-refractivity contribution in [2.75, 3.05) is 13.6 Å². The molecule has 0 aliphatic carbocycles. The number of halogens is 1. The molecule has 0 bridgehead atoms. The van der Waals surface area contributed by atoms with Crippen LogP contribution < -0.4 is 5.73 Å². The highest BCUT2D eigenvalue weighted by Crippen LogP contribution is 2.21. The number of aryl methyl sites for hydroxylation is 1. The number of rotatable bonds is 4. The number of benzene rings is 1. The summed E-state index contributed by atoms with van der Waals surface area (Å²) in [6.45, 7) is 1.35. The molecule has 0 fully saturated rings. The molecule has 0 aromatic heterocycles. The molecule has 0 heterocycles. The number of hydrogen-bond donors (Lipinski definition) is 1. The third-order valence-electron chi connectivity index (χ3n) is 2.22. The Balaban J connectivity index is 3.13. The van der Waals surface area contributed by atoms with Crippen molar-refractivity contribution in [1.82, 2.24) is 4.31 Å². The third-order valence-corrected chi connectivity index (χ3v) is 4.44. The van der Waals surface area contributed by atoms with E-state index in [2.05, 4.69) is 0 Å². The summed E-state index contributed by atoms with van der Waals surface area (Å²) in [4.78, 5) is 10.8. The number of carbonyl (C=O) groups excluding carboxylic acids is 1. The molecule has 0 aliphatic rings. The van der Waals surface area contributed by atoms with Gasteiger partial charge in [-0.25, -0.2) is 8.42 Å². The summed E-state index contributed by atoms with van der Waals surface area (Å²) in [6.07, 6.45) is 0. The van der Waals surface area contributed by atoms with Crippen molar-refractivity contribution in [3.05, 3.63) is 28.8 Å². The fraction of sp³-hybridized carbons (Fsp3) is 0.300. The minimum atomic E-state index is -3.70. The maximum absolute atomic E-state index is 12.0. The van der Waals surface area contributed by atoms with Gasteiger partial charge in [0.25, 0.3) is 0 Å². The maximum atomic E-state index is 12.0. The van der Waals surface area contributed by atoms with Crippen molar-refractivity contribution in [1.29, 1.82) is 0 Å². The average Bonchev–Trinajstić information content (AvgIpc) is 2.20. The van der Waals surface area contributed by atoms with Crippen molar-refractivity contribution in [3.63, 3.8) is 0 Å². The minimum Gasteiger partial charge on any atom is -0.369 e. The Morgan fingerprint density at radius 1 is 1.47 bits per heavy atom. The average molecular weight is 277 g/mol. The summed E-state index contributed by atoms with van der Waals surface area (Å²) in [5.74, 6) is -0.707. The van der Waals surface area contributed by atoms with Crippen LogP contribution in [0.15, 0.2) is 23.1 Å². The van der Waals surface area contributed by atoms with Gasteiger partial charge in [-0.05, 0) is 30.7 Å². The summed E-state index contributed by atoms with van der Waals surface area (Å²) in [5.41, 5.74) is 5.61. The Kier molecular flexibility index (Phi) is 4.13. The quantitative estimate of drug-likeness (QED) is 0.881. The number of hydrogen-bond acceptors (Lipinski definition) is 3. The van der Waals surface area contributed by atoms with Gasteiger partial charge in [0.2, 0.25) is 15.9 Å². The van der Waals surface area contributed by atoms with Gasteiger partial charge in [-0.3, -0.25) is 4.79 Å². The van der Waals surface area contributed by atoms with Gasteiger partial charge >= 0.3 is 0 Å². The van der Waals surface area contributed by atoms with Gasteiger partial charge in [0, 0.05) is 12.1 Å². The van der Waals surface area contributed by atoms with E-state index in [1.807, 2.05) is 0 Å². The number of amides is 1. The van der Waals surface area contributed by atoms with Gasteiger partial charge in [-0.1, -0.05) is 11.6 Å². The highest BCUT2D eigenvalue weighted by Gasteiger charge is 2.22. The molecule has 94 valence electrons. The molecule has 0 radical (unpaired) electrons. The Bertz CT molecular complexity index is 542. The van der Waals surface area contributed by atoms with Crippen LogP contribution in [-0.2, 0) is 14.8 Å². The second-order valence-corrected chi connectivity index (χ2v) is 6.09.